The number of rotatable bonds is 3. The molecule has 1 aromatic rings. The zero-order valence-corrected chi connectivity index (χ0v) is 11.9. The summed E-state index contributed by atoms with van der Waals surface area (Å²) in [6.07, 6.45) is 0. The number of halogens is 6. The first-order valence-corrected chi connectivity index (χ1v) is 4.12. The second-order valence-corrected chi connectivity index (χ2v) is 3.04. The molecule has 1 rings (SSSR count). The van der Waals surface area contributed by atoms with Crippen molar-refractivity contribution in [2.45, 2.75) is 6.61 Å². The summed E-state index contributed by atoms with van der Waals surface area (Å²) in [5.41, 5.74) is -1.03. The Morgan fingerprint density at radius 1 is 1.19 bits per heavy atom. The second kappa shape index (κ2) is 6.56. The van der Waals surface area contributed by atoms with Crippen LogP contribution in [0.25, 0.3) is 0 Å². The van der Waals surface area contributed by atoms with Crippen LogP contribution < -0.4 is 61.6 Å². The molecule has 0 aromatic heterocycles. The smallest absolute Gasteiger partial charge is 0.445 e. The molecule has 0 N–H and O–H groups in total. The third kappa shape index (κ3) is 4.89. The van der Waals surface area contributed by atoms with Gasteiger partial charge in [-0.25, -0.2) is 0 Å². The number of ether oxygens (including phenoxy) is 1. The summed E-state index contributed by atoms with van der Waals surface area (Å²) < 4.78 is 64.0. The Morgan fingerprint density at radius 2 is 1.75 bits per heavy atom. The summed E-state index contributed by atoms with van der Waals surface area (Å²) in [5.74, 6) is -0.404. The third-order valence-electron chi connectivity index (χ3n) is 1.55. The van der Waals surface area contributed by atoms with Gasteiger partial charge in [-0.05, 0) is 12.1 Å². The minimum Gasteiger partial charge on any atom is -0.445 e. The summed E-state index contributed by atoms with van der Waals surface area (Å²) in [5, 5.41) is -0.652. The topological polar surface area (TPSA) is 9.23 Å². The Morgan fingerprint density at radius 3 is 2.12 bits per heavy atom. The fourth-order valence-corrected chi connectivity index (χ4v) is 1.24. The van der Waals surface area contributed by atoms with E-state index in [2.05, 4.69) is 4.74 Å². The molecule has 16 heavy (non-hydrogen) atoms. The summed E-state index contributed by atoms with van der Waals surface area (Å²) in [6.45, 7) is -8.34. The fourth-order valence-electron chi connectivity index (χ4n) is 0.949. The summed E-state index contributed by atoms with van der Waals surface area (Å²) >= 11 is 5.27. The molecule has 1 aromatic carbocycles. The summed E-state index contributed by atoms with van der Waals surface area (Å²) in [4.78, 5) is 0. The van der Waals surface area contributed by atoms with E-state index < -0.39 is 29.8 Å². The van der Waals surface area contributed by atoms with Gasteiger partial charge in [0.05, 0.1) is 0 Å². The summed E-state index contributed by atoms with van der Waals surface area (Å²) in [6, 6.07) is 2.11. The molecule has 0 amide bonds. The maximum Gasteiger partial charge on any atom is 1.00 e. The Bertz CT molecular complexity index is 359. The van der Waals surface area contributed by atoms with E-state index in [1.807, 2.05) is 0 Å². The fraction of sp³-hybridized carbons (Fsp3) is 0.143. The van der Waals surface area contributed by atoms with Crippen molar-refractivity contribution in [1.29, 1.82) is 0 Å². The van der Waals surface area contributed by atoms with E-state index in [-0.39, 0.29) is 51.4 Å². The van der Waals surface area contributed by atoms with Crippen LogP contribution in [0.1, 0.15) is 0 Å². The van der Waals surface area contributed by atoms with Crippen molar-refractivity contribution in [3.63, 3.8) is 0 Å². The number of hydrogen-bond donors (Lipinski definition) is 0. The van der Waals surface area contributed by atoms with Crippen LogP contribution in [0.2, 0.25) is 5.02 Å². The minimum atomic E-state index is -5.24. The van der Waals surface area contributed by atoms with Gasteiger partial charge in [0, 0.05) is 5.02 Å². The van der Waals surface area contributed by atoms with E-state index >= 15 is 0 Å². The molecule has 0 saturated heterocycles. The quantitative estimate of drug-likeness (QED) is 0.561. The van der Waals surface area contributed by atoms with Gasteiger partial charge in [-0.15, -0.1) is 0 Å². The molecule has 0 unspecified atom stereocenters. The molecule has 0 saturated carbocycles. The van der Waals surface area contributed by atoms with Gasteiger partial charge in [0.25, 0.3) is 0 Å². The van der Waals surface area contributed by atoms with Crippen molar-refractivity contribution >= 4 is 24.0 Å². The molecule has 9 heteroatoms. The van der Waals surface area contributed by atoms with Crippen LogP contribution in [-0.4, -0.2) is 13.6 Å². The van der Waals surface area contributed by atoms with Crippen LogP contribution in [0.4, 0.5) is 21.7 Å². The van der Waals surface area contributed by atoms with Crippen molar-refractivity contribution < 1.29 is 77.8 Å². The van der Waals surface area contributed by atoms with Gasteiger partial charge in [0.15, 0.2) is 0 Å². The zero-order chi connectivity index (χ0) is 11.6. The average molecular weight is 284 g/mol. The molecular weight excluding hydrogens is 280 g/mol. The zero-order valence-electron chi connectivity index (χ0n) is 8.06. The van der Waals surface area contributed by atoms with E-state index in [1.165, 1.54) is 0 Å². The van der Waals surface area contributed by atoms with E-state index in [9.17, 15) is 21.7 Å². The van der Waals surface area contributed by atoms with E-state index in [0.717, 1.165) is 6.07 Å². The molecule has 0 heterocycles. The molecule has 0 fully saturated rings. The van der Waals surface area contributed by atoms with Crippen molar-refractivity contribution in [3.8, 4) is 5.75 Å². The number of benzene rings is 1. The predicted molar refractivity (Wildman–Crippen MR) is 46.8 cm³/mol. The molecule has 0 radical (unpaired) electrons. The largest absolute Gasteiger partial charge is 1.00 e. The van der Waals surface area contributed by atoms with Crippen LogP contribution in [0, 0.1) is 0 Å². The van der Waals surface area contributed by atoms with E-state index in [0.29, 0.717) is 12.1 Å². The van der Waals surface area contributed by atoms with Crippen LogP contribution >= 0.6 is 11.6 Å². The normalized spacial score (nSPS) is 11.2. The van der Waals surface area contributed by atoms with Crippen molar-refractivity contribution in [2.75, 3.05) is 0 Å². The molecule has 0 aliphatic heterocycles. The molecule has 84 valence electrons. The maximum absolute atomic E-state index is 12.2. The predicted octanol–water partition coefficient (Wildman–Crippen LogP) is -0.000200. The van der Waals surface area contributed by atoms with Crippen LogP contribution in [0.3, 0.4) is 0 Å². The van der Waals surface area contributed by atoms with Gasteiger partial charge in [0.2, 0.25) is 0 Å². The first-order valence-electron chi connectivity index (χ1n) is 3.75. The van der Waals surface area contributed by atoms with Gasteiger partial charge in [-0.2, -0.15) is 8.78 Å². The van der Waals surface area contributed by atoms with Gasteiger partial charge < -0.3 is 17.7 Å². The van der Waals surface area contributed by atoms with Crippen molar-refractivity contribution in [2.24, 2.45) is 0 Å². The molecule has 1 nitrogen and oxygen atoms in total. The SMILES string of the molecule is FC(F)Oc1ccc([B-](F)(F)F)c(Cl)c1.[K+]. The van der Waals surface area contributed by atoms with Crippen molar-refractivity contribution in [3.05, 3.63) is 23.2 Å². The van der Waals surface area contributed by atoms with Gasteiger partial charge in [0.1, 0.15) is 5.75 Å². The molecule has 0 spiro atoms. The molecule has 0 bridgehead atoms. The third-order valence-corrected chi connectivity index (χ3v) is 1.88. The Balaban J connectivity index is 0.00000225. The number of hydrogen-bond acceptors (Lipinski definition) is 1. The minimum absolute atomic E-state index is 0. The first-order chi connectivity index (χ1) is 6.80. The molecule has 0 atom stereocenters. The second-order valence-electron chi connectivity index (χ2n) is 2.64. The Hall–Kier alpha value is 0.661. The van der Waals surface area contributed by atoms with Crippen LogP contribution in [0.5, 0.6) is 5.75 Å². The Labute approximate surface area is 136 Å². The van der Waals surface area contributed by atoms with Gasteiger partial charge >= 0.3 is 65.0 Å². The van der Waals surface area contributed by atoms with E-state index in [1.54, 1.807) is 0 Å². The standard InChI is InChI=1S/C7H4BClF5O.K/c9-6-3-4(15-7(10)11)1-2-5(6)8(12,13)14;/h1-3,7H;/q-1;+1. The monoisotopic (exact) mass is 284 g/mol. The van der Waals surface area contributed by atoms with Crippen molar-refractivity contribution in [1.82, 2.24) is 0 Å². The number of alkyl halides is 2. The summed E-state index contributed by atoms with van der Waals surface area (Å²) in [7, 11) is 0. The van der Waals surface area contributed by atoms with Crippen LogP contribution in [0.15, 0.2) is 18.2 Å². The first kappa shape index (κ1) is 16.7. The van der Waals surface area contributed by atoms with Crippen LogP contribution in [-0.2, 0) is 0 Å². The molecule has 0 aliphatic rings. The van der Waals surface area contributed by atoms with Gasteiger partial charge in [-0.1, -0.05) is 23.1 Å². The molecular formula is C7H4BClF5KO. The Kier molecular flexibility index (Phi) is 6.83. The molecule has 0 aliphatic carbocycles. The van der Waals surface area contributed by atoms with E-state index in [4.69, 9.17) is 11.6 Å². The van der Waals surface area contributed by atoms with Gasteiger partial charge in [-0.3, -0.25) is 0 Å². The average Bonchev–Trinajstić information content (AvgIpc) is 1.99. The maximum atomic E-state index is 12.2.